The molecule has 35 heteroatoms. The number of fused-ring (bicyclic) bond motifs is 1. The van der Waals surface area contributed by atoms with E-state index < -0.39 is 96.3 Å². The van der Waals surface area contributed by atoms with Gasteiger partial charge in [0, 0.05) is 51.8 Å². The molecule has 0 radical (unpaired) electrons. The maximum atomic E-state index is 13.0. The molecule has 5 aromatic rings. The molecule has 2 aromatic carbocycles. The summed E-state index contributed by atoms with van der Waals surface area (Å²) in [7, 11) is -16.5. The van der Waals surface area contributed by atoms with Crippen LogP contribution in [-0.2, 0) is 62.6 Å². The van der Waals surface area contributed by atoms with Crippen molar-refractivity contribution in [1.29, 1.82) is 0 Å². The lowest BCUT2D eigenvalue weighted by Gasteiger charge is -2.30. The fourth-order valence-electron chi connectivity index (χ4n) is 6.98. The van der Waals surface area contributed by atoms with Crippen LogP contribution in [0.2, 0.25) is 0 Å². The minimum atomic E-state index is -5.62. The number of hydrogen-bond acceptors (Lipinski definition) is 22. The highest BCUT2D eigenvalue weighted by molar-refractivity contribution is 8.13. The number of nitrogens with zero attached hydrogens (tertiary/aromatic N) is 5. The number of thiazole rings is 1. The molecule has 1 aliphatic rings. The first-order chi connectivity index (χ1) is 35.9. The number of phosphoric acid groups is 3. The van der Waals surface area contributed by atoms with E-state index in [-0.39, 0.29) is 54.0 Å². The summed E-state index contributed by atoms with van der Waals surface area (Å²) in [6.45, 7) is 3.62. The molecule has 1 saturated heterocycles. The number of amides is 2. The van der Waals surface area contributed by atoms with Crippen LogP contribution in [0.1, 0.15) is 48.2 Å². The predicted molar refractivity (Wildman–Crippen MR) is 271 cm³/mol. The summed E-state index contributed by atoms with van der Waals surface area (Å²) < 4.78 is 107. The number of anilines is 1. The molecule has 0 aliphatic carbocycles. The molecule has 422 valence electrons. The average molecular weight is 1200 g/mol. The molecule has 10 N–H and O–H groups in total. The van der Waals surface area contributed by atoms with Gasteiger partial charge >= 0.3 is 29.6 Å². The fourth-order valence-corrected chi connectivity index (χ4v) is 12.6. The molecule has 1 fully saturated rings. The van der Waals surface area contributed by atoms with Crippen LogP contribution in [-0.4, -0.2) is 134 Å². The second kappa shape index (κ2) is 25.8. The van der Waals surface area contributed by atoms with Crippen LogP contribution in [0.4, 0.5) is 19.0 Å². The molecular formula is C42H52F3N8O18P3S3. The number of nitrogens with two attached hydrogens (primary N) is 1. The number of nitrogen functional groups attached to an aromatic ring is 1. The third-order valence-corrected chi connectivity index (χ3v) is 17.3. The Morgan fingerprint density at radius 1 is 0.974 bits per heavy atom. The smallest absolute Gasteiger partial charge is 0.481 e. The maximum Gasteiger partial charge on any atom is 0.481 e. The van der Waals surface area contributed by atoms with E-state index >= 15 is 0 Å². The van der Waals surface area contributed by atoms with Crippen LogP contribution < -0.4 is 21.1 Å². The van der Waals surface area contributed by atoms with Gasteiger partial charge in [0.1, 0.15) is 47.0 Å². The van der Waals surface area contributed by atoms with Crippen molar-refractivity contribution in [1.82, 2.24) is 35.1 Å². The lowest BCUT2D eigenvalue weighted by Crippen LogP contribution is -2.46. The Morgan fingerprint density at radius 2 is 1.68 bits per heavy atom. The summed E-state index contributed by atoms with van der Waals surface area (Å²) in [5.74, 6) is -0.323. The molecule has 7 unspecified atom stereocenters. The Labute approximate surface area is 448 Å². The van der Waals surface area contributed by atoms with Crippen molar-refractivity contribution in [3.8, 4) is 16.3 Å². The number of aryl methyl sites for hydroxylation is 2. The molecule has 0 spiro atoms. The molecule has 0 bridgehead atoms. The lowest BCUT2D eigenvalue weighted by molar-refractivity contribution is -0.138. The zero-order valence-electron chi connectivity index (χ0n) is 40.8. The summed E-state index contributed by atoms with van der Waals surface area (Å²) in [5.41, 5.74) is 5.61. The van der Waals surface area contributed by atoms with E-state index in [1.807, 2.05) is 26.0 Å². The van der Waals surface area contributed by atoms with Gasteiger partial charge in [0.15, 0.2) is 24.3 Å². The van der Waals surface area contributed by atoms with Crippen molar-refractivity contribution >= 4 is 92.2 Å². The summed E-state index contributed by atoms with van der Waals surface area (Å²) in [5, 5.41) is 26.9. The number of benzene rings is 2. The minimum Gasteiger partial charge on any atom is -0.485 e. The van der Waals surface area contributed by atoms with Crippen molar-refractivity contribution < 1.29 is 98.4 Å². The number of thioether (sulfide) groups is 2. The van der Waals surface area contributed by atoms with Crippen molar-refractivity contribution in [2.75, 3.05) is 44.4 Å². The number of aliphatic hydroxyl groups excluding tert-OH is 2. The molecule has 77 heavy (non-hydrogen) atoms. The molecule has 6 rings (SSSR count). The number of hydrogen-bond donors (Lipinski definition) is 9. The van der Waals surface area contributed by atoms with E-state index in [4.69, 9.17) is 24.3 Å². The van der Waals surface area contributed by atoms with Crippen LogP contribution in [0.15, 0.2) is 60.0 Å². The van der Waals surface area contributed by atoms with E-state index in [0.717, 1.165) is 62.1 Å². The number of nitrogens with one attached hydrogen (secondary N) is 2. The zero-order valence-corrected chi connectivity index (χ0v) is 46.0. The highest BCUT2D eigenvalue weighted by Gasteiger charge is 2.50. The summed E-state index contributed by atoms with van der Waals surface area (Å²) >= 11 is 3.87. The number of imidazole rings is 1. The average Bonchev–Trinajstić information content (AvgIpc) is 4.05. The zero-order chi connectivity index (χ0) is 56.7. The Hall–Kier alpha value is -4.43. The van der Waals surface area contributed by atoms with Gasteiger partial charge in [-0.25, -0.2) is 33.6 Å². The largest absolute Gasteiger partial charge is 0.485 e. The van der Waals surface area contributed by atoms with Crippen molar-refractivity contribution in [2.45, 2.75) is 81.6 Å². The van der Waals surface area contributed by atoms with Gasteiger partial charge in [-0.15, -0.1) is 23.1 Å². The first kappa shape index (κ1) is 61.8. The number of rotatable bonds is 26. The van der Waals surface area contributed by atoms with E-state index in [9.17, 15) is 71.0 Å². The lowest BCUT2D eigenvalue weighted by atomic mass is 9.87. The molecule has 4 heterocycles. The van der Waals surface area contributed by atoms with Gasteiger partial charge in [-0.1, -0.05) is 37.7 Å². The van der Waals surface area contributed by atoms with Crippen LogP contribution in [0.5, 0.6) is 5.75 Å². The Morgan fingerprint density at radius 3 is 2.35 bits per heavy atom. The van der Waals surface area contributed by atoms with Gasteiger partial charge in [-0.05, 0) is 49.7 Å². The van der Waals surface area contributed by atoms with Gasteiger partial charge in [0.25, 0.3) is 0 Å². The highest BCUT2D eigenvalue weighted by Crippen LogP contribution is 2.61. The van der Waals surface area contributed by atoms with E-state index in [1.165, 1.54) is 37.3 Å². The quantitative estimate of drug-likeness (QED) is 0.0204. The Kier molecular flexibility index (Phi) is 20.7. The topological polar surface area (TPSA) is 386 Å². The maximum absolute atomic E-state index is 13.0. The SMILES string of the molecule is Cc1cc(SCc2sc(-c3ccc(C(F)(F)F)cc3)nc2C)ccc1OCC(=O)SCCNC(=O)CCNC(=O)C(O)C(C)(C)COP(=O)(O)OP(=O)(O)OCC1OC(n2cnc3c(N)ncnc32)C(O)C1OP(=O)(O)O. The van der Waals surface area contributed by atoms with E-state index in [1.54, 1.807) is 17.8 Å². The number of ether oxygens (including phenoxy) is 2. The second-order valence-corrected chi connectivity index (χ2v) is 24.9. The molecule has 26 nitrogen and oxygen atoms in total. The van der Waals surface area contributed by atoms with Crippen LogP contribution >= 0.6 is 58.3 Å². The number of carbonyl (C=O) groups is 3. The molecule has 7 atom stereocenters. The Balaban J connectivity index is 0.855. The fraction of sp³-hybridized carbons (Fsp3) is 0.452. The van der Waals surface area contributed by atoms with Gasteiger partial charge in [0.05, 0.1) is 30.8 Å². The molecular weight excluding hydrogens is 1150 g/mol. The van der Waals surface area contributed by atoms with E-state index in [0.29, 0.717) is 22.1 Å². The normalized spacial score (nSPS) is 19.1. The number of phosphoric ester groups is 3. The summed E-state index contributed by atoms with van der Waals surface area (Å²) in [6, 6.07) is 10.3. The predicted octanol–water partition coefficient (Wildman–Crippen LogP) is 4.80. The number of alkyl halides is 3. The third kappa shape index (κ3) is 17.5. The molecule has 3 aromatic heterocycles. The standard InChI is InChI=1S/C42H52F3N8O18P3S3/c1-22-15-26(76-18-29-23(2)52-39(77-29)24-5-7-25(8-6-24)42(43,44)45)9-10-27(22)66-17-31(55)75-14-13-47-30(54)11-12-48-38(58)35(57)41(3,4)19-68-74(64,65)71-73(62,63)67-16-28-34(70-72(59,60)61)33(56)40(69-28)53-21-51-32-36(46)49-20-50-37(32)53/h5-10,15,20-21,28,33-35,40,56-57H,11-14,16-19H2,1-4H3,(H,47,54)(H,48,58)(H,62,63)(H,64,65)(H2,46,49,50)(H2,59,60,61). The van der Waals surface area contributed by atoms with Crippen molar-refractivity contribution in [3.63, 3.8) is 0 Å². The monoisotopic (exact) mass is 1200 g/mol. The van der Waals surface area contributed by atoms with Gasteiger partial charge in [-0.2, -0.15) is 17.5 Å². The van der Waals surface area contributed by atoms with Crippen LogP contribution in [0.3, 0.4) is 0 Å². The number of carbonyl (C=O) groups excluding carboxylic acids is 3. The minimum absolute atomic E-state index is 0.0139. The Bertz CT molecular complexity index is 3060. The van der Waals surface area contributed by atoms with Crippen molar-refractivity contribution in [3.05, 3.63) is 76.8 Å². The first-order valence-electron chi connectivity index (χ1n) is 22.5. The van der Waals surface area contributed by atoms with Crippen molar-refractivity contribution in [2.24, 2.45) is 5.41 Å². The summed E-state index contributed by atoms with van der Waals surface area (Å²) in [6.07, 6.45) is -11.6. The summed E-state index contributed by atoms with van der Waals surface area (Å²) in [4.78, 5) is 95.4. The third-order valence-electron chi connectivity index (χ3n) is 11.0. The van der Waals surface area contributed by atoms with Gasteiger partial charge < -0.3 is 55.6 Å². The highest BCUT2D eigenvalue weighted by atomic mass is 32.2. The first-order valence-corrected chi connectivity index (χ1v) is 29.8. The molecule has 0 saturated carbocycles. The van der Waals surface area contributed by atoms with E-state index in [2.05, 4.69) is 39.4 Å². The van der Waals surface area contributed by atoms with Gasteiger partial charge in [-0.3, -0.25) is 32.5 Å². The van der Waals surface area contributed by atoms with Crippen LogP contribution in [0.25, 0.3) is 21.7 Å². The number of aromatic nitrogens is 5. The number of halogens is 3. The van der Waals surface area contributed by atoms with Crippen LogP contribution in [0, 0.1) is 19.3 Å². The molecule has 1 aliphatic heterocycles. The van der Waals surface area contributed by atoms with Gasteiger partial charge in [0.2, 0.25) is 16.9 Å². The second-order valence-electron chi connectivity index (χ2n) is 17.4. The molecule has 2 amide bonds. The number of aliphatic hydroxyl groups is 2.